The first-order valence-corrected chi connectivity index (χ1v) is 6.27. The average Bonchev–Trinajstić information content (AvgIpc) is 2.71. The molecular weight excluding hydrogens is 230 g/mol. The summed E-state index contributed by atoms with van der Waals surface area (Å²) in [5, 5.41) is 11.1. The zero-order valence-corrected chi connectivity index (χ0v) is 10.7. The number of nitro benzene ring substituents is 1. The number of nitro groups is 1. The Morgan fingerprint density at radius 3 is 2.72 bits per heavy atom. The Bertz CT molecular complexity index is 448. The van der Waals surface area contributed by atoms with Crippen LogP contribution in [0.1, 0.15) is 31.9 Å². The number of nitrogens with zero attached hydrogens (tertiary/aromatic N) is 2. The van der Waals surface area contributed by atoms with Crippen molar-refractivity contribution in [3.63, 3.8) is 0 Å². The minimum atomic E-state index is -0.321. The molecule has 2 atom stereocenters. The molecule has 0 aromatic heterocycles. The van der Waals surface area contributed by atoms with Gasteiger partial charge in [-0.05, 0) is 20.3 Å². The van der Waals surface area contributed by atoms with Crippen LogP contribution in [0.15, 0.2) is 24.3 Å². The monoisotopic (exact) mass is 249 g/mol. The Kier molecular flexibility index (Phi) is 3.63. The molecule has 1 saturated heterocycles. The summed E-state index contributed by atoms with van der Waals surface area (Å²) in [4.78, 5) is 13.0. The van der Waals surface area contributed by atoms with Crippen LogP contribution < -0.4 is 5.73 Å². The molecule has 5 nitrogen and oxygen atoms in total. The van der Waals surface area contributed by atoms with Gasteiger partial charge in [-0.15, -0.1) is 0 Å². The van der Waals surface area contributed by atoms with Gasteiger partial charge in [0.05, 0.1) is 11.0 Å². The Balaban J connectivity index is 2.43. The first-order chi connectivity index (χ1) is 8.52. The molecular formula is C13H19N3O2. The van der Waals surface area contributed by atoms with E-state index < -0.39 is 0 Å². The van der Waals surface area contributed by atoms with Gasteiger partial charge in [0.15, 0.2) is 0 Å². The molecule has 5 heteroatoms. The molecule has 1 aromatic rings. The van der Waals surface area contributed by atoms with Crippen LogP contribution in [0.2, 0.25) is 0 Å². The van der Waals surface area contributed by atoms with Crippen molar-refractivity contribution in [1.29, 1.82) is 0 Å². The molecule has 1 aliphatic rings. The van der Waals surface area contributed by atoms with Crippen LogP contribution in [0.25, 0.3) is 0 Å². The number of benzene rings is 1. The maximum Gasteiger partial charge on any atom is 0.274 e. The van der Waals surface area contributed by atoms with Gasteiger partial charge in [-0.2, -0.15) is 0 Å². The Morgan fingerprint density at radius 2 is 2.11 bits per heavy atom. The molecule has 1 aliphatic heterocycles. The summed E-state index contributed by atoms with van der Waals surface area (Å²) in [5.74, 6) is 0. The number of nitrogens with two attached hydrogens (primary N) is 1. The third kappa shape index (κ3) is 2.23. The second-order valence-electron chi connectivity index (χ2n) is 5.04. The van der Waals surface area contributed by atoms with E-state index in [9.17, 15) is 10.1 Å². The summed E-state index contributed by atoms with van der Waals surface area (Å²) in [7, 11) is 0. The van der Waals surface area contributed by atoms with Crippen molar-refractivity contribution in [1.82, 2.24) is 4.90 Å². The molecule has 0 saturated carbocycles. The fraction of sp³-hybridized carbons (Fsp3) is 0.538. The second-order valence-corrected chi connectivity index (χ2v) is 5.04. The molecule has 2 rings (SSSR count). The standard InChI is InChI=1S/C13H19N3O2/c1-9(2)15-8-7-11(14)13(15)10-5-3-4-6-12(10)16(17)18/h3-6,9,11,13H,7-8,14H2,1-2H3. The van der Waals surface area contributed by atoms with Gasteiger partial charge in [0, 0.05) is 30.3 Å². The van der Waals surface area contributed by atoms with Crippen LogP contribution in [0, 0.1) is 10.1 Å². The van der Waals surface area contributed by atoms with Crippen molar-refractivity contribution in [2.45, 2.75) is 38.4 Å². The van der Waals surface area contributed by atoms with E-state index in [1.165, 1.54) is 0 Å². The molecule has 2 unspecified atom stereocenters. The highest BCUT2D eigenvalue weighted by molar-refractivity contribution is 5.43. The van der Waals surface area contributed by atoms with Gasteiger partial charge in [-0.3, -0.25) is 15.0 Å². The summed E-state index contributed by atoms with van der Waals surface area (Å²) in [6, 6.07) is 7.17. The number of likely N-dealkylation sites (tertiary alicyclic amines) is 1. The SMILES string of the molecule is CC(C)N1CCC(N)C1c1ccccc1[N+](=O)[O-]. The van der Waals surface area contributed by atoms with Crippen molar-refractivity contribution in [3.8, 4) is 0 Å². The number of para-hydroxylation sites is 1. The second kappa shape index (κ2) is 5.04. The highest BCUT2D eigenvalue weighted by Gasteiger charge is 2.37. The van der Waals surface area contributed by atoms with Crippen molar-refractivity contribution in [2.75, 3.05) is 6.54 Å². The highest BCUT2D eigenvalue weighted by atomic mass is 16.6. The Hall–Kier alpha value is -1.46. The molecule has 2 N–H and O–H groups in total. The van der Waals surface area contributed by atoms with Gasteiger partial charge in [0.1, 0.15) is 0 Å². The lowest BCUT2D eigenvalue weighted by molar-refractivity contribution is -0.386. The molecule has 0 radical (unpaired) electrons. The van der Waals surface area contributed by atoms with Crippen LogP contribution in [-0.4, -0.2) is 28.5 Å². The summed E-state index contributed by atoms with van der Waals surface area (Å²) in [6.07, 6.45) is 0.884. The lowest BCUT2D eigenvalue weighted by Crippen LogP contribution is -2.36. The van der Waals surface area contributed by atoms with Crippen molar-refractivity contribution in [2.24, 2.45) is 5.73 Å². The topological polar surface area (TPSA) is 72.4 Å². The van der Waals surface area contributed by atoms with Crippen LogP contribution in [0.3, 0.4) is 0 Å². The number of hydrogen-bond acceptors (Lipinski definition) is 4. The summed E-state index contributed by atoms with van der Waals surface area (Å²) in [5.41, 5.74) is 7.05. The van der Waals surface area contributed by atoms with E-state index in [1.54, 1.807) is 12.1 Å². The first-order valence-electron chi connectivity index (χ1n) is 6.27. The predicted octanol–water partition coefficient (Wildman–Crippen LogP) is 2.08. The minimum absolute atomic E-state index is 0.0338. The average molecular weight is 249 g/mol. The van der Waals surface area contributed by atoms with Crippen molar-refractivity contribution in [3.05, 3.63) is 39.9 Å². The van der Waals surface area contributed by atoms with E-state index in [4.69, 9.17) is 5.73 Å². The van der Waals surface area contributed by atoms with Crippen LogP contribution in [0.5, 0.6) is 0 Å². The zero-order chi connectivity index (χ0) is 13.3. The minimum Gasteiger partial charge on any atom is -0.326 e. The van der Waals surface area contributed by atoms with Crippen LogP contribution in [-0.2, 0) is 0 Å². The molecule has 98 valence electrons. The molecule has 0 aliphatic carbocycles. The van der Waals surface area contributed by atoms with E-state index in [2.05, 4.69) is 18.7 Å². The number of rotatable bonds is 3. The highest BCUT2D eigenvalue weighted by Crippen LogP contribution is 2.37. The van der Waals surface area contributed by atoms with Crippen molar-refractivity contribution < 1.29 is 4.92 Å². The fourth-order valence-corrected chi connectivity index (χ4v) is 2.73. The fourth-order valence-electron chi connectivity index (χ4n) is 2.73. The predicted molar refractivity (Wildman–Crippen MR) is 70.3 cm³/mol. The number of hydrogen-bond donors (Lipinski definition) is 1. The van der Waals surface area contributed by atoms with E-state index in [0.29, 0.717) is 6.04 Å². The first kappa shape index (κ1) is 13.0. The molecule has 0 spiro atoms. The van der Waals surface area contributed by atoms with E-state index in [1.807, 2.05) is 12.1 Å². The molecule has 1 heterocycles. The van der Waals surface area contributed by atoms with Gasteiger partial charge in [-0.1, -0.05) is 18.2 Å². The van der Waals surface area contributed by atoms with Crippen LogP contribution in [0.4, 0.5) is 5.69 Å². The van der Waals surface area contributed by atoms with Gasteiger partial charge in [0.2, 0.25) is 0 Å². The zero-order valence-electron chi connectivity index (χ0n) is 10.7. The maximum atomic E-state index is 11.1. The lowest BCUT2D eigenvalue weighted by Gasteiger charge is -2.30. The van der Waals surface area contributed by atoms with E-state index in [-0.39, 0.29) is 22.7 Å². The van der Waals surface area contributed by atoms with E-state index >= 15 is 0 Å². The normalized spacial score (nSPS) is 24.7. The molecule has 0 amide bonds. The molecule has 1 fully saturated rings. The van der Waals surface area contributed by atoms with E-state index in [0.717, 1.165) is 18.5 Å². The lowest BCUT2D eigenvalue weighted by atomic mass is 9.98. The van der Waals surface area contributed by atoms with Gasteiger partial charge in [0.25, 0.3) is 5.69 Å². The maximum absolute atomic E-state index is 11.1. The van der Waals surface area contributed by atoms with Gasteiger partial charge >= 0.3 is 0 Å². The Labute approximate surface area is 107 Å². The van der Waals surface area contributed by atoms with Gasteiger partial charge < -0.3 is 5.73 Å². The molecule has 18 heavy (non-hydrogen) atoms. The summed E-state index contributed by atoms with van der Waals surface area (Å²) >= 11 is 0. The smallest absolute Gasteiger partial charge is 0.274 e. The third-order valence-electron chi connectivity index (χ3n) is 3.60. The molecule has 1 aromatic carbocycles. The Morgan fingerprint density at radius 1 is 1.44 bits per heavy atom. The summed E-state index contributed by atoms with van der Waals surface area (Å²) < 4.78 is 0. The van der Waals surface area contributed by atoms with Crippen LogP contribution >= 0.6 is 0 Å². The quantitative estimate of drug-likeness (QED) is 0.657. The third-order valence-corrected chi connectivity index (χ3v) is 3.60. The molecule has 0 bridgehead atoms. The summed E-state index contributed by atoms with van der Waals surface area (Å²) in [6.45, 7) is 5.09. The largest absolute Gasteiger partial charge is 0.326 e. The van der Waals surface area contributed by atoms with Gasteiger partial charge in [-0.25, -0.2) is 0 Å². The van der Waals surface area contributed by atoms with Crippen molar-refractivity contribution >= 4 is 5.69 Å².